The molecule has 0 amide bonds. The van der Waals surface area contributed by atoms with E-state index in [1.165, 1.54) is 17.5 Å². The number of pyridine rings is 1. The van der Waals surface area contributed by atoms with E-state index >= 15 is 0 Å². The number of hydrogen-bond donors (Lipinski definition) is 3. The fourth-order valence-corrected chi connectivity index (χ4v) is 4.20. The lowest BCUT2D eigenvalue weighted by atomic mass is 10.00. The van der Waals surface area contributed by atoms with Gasteiger partial charge in [-0.15, -0.1) is 0 Å². The molecule has 0 saturated carbocycles. The van der Waals surface area contributed by atoms with E-state index in [-0.39, 0.29) is 5.69 Å². The van der Waals surface area contributed by atoms with Gasteiger partial charge in [0.25, 0.3) is 0 Å². The van der Waals surface area contributed by atoms with Crippen molar-refractivity contribution < 1.29 is 4.74 Å². The maximum atomic E-state index is 11.2. The summed E-state index contributed by atoms with van der Waals surface area (Å²) in [5.74, 6) is 1.37. The molecule has 0 bridgehead atoms. The molecule has 0 unspecified atom stereocenters. The number of aromatic amines is 2. The van der Waals surface area contributed by atoms with Crippen molar-refractivity contribution >= 4 is 10.9 Å². The number of aromatic nitrogens is 4. The molecule has 0 fully saturated rings. The quantitative estimate of drug-likeness (QED) is 0.461. The van der Waals surface area contributed by atoms with Crippen LogP contribution >= 0.6 is 0 Å². The van der Waals surface area contributed by atoms with E-state index < -0.39 is 0 Å². The van der Waals surface area contributed by atoms with Gasteiger partial charge < -0.3 is 10.1 Å². The highest BCUT2D eigenvalue weighted by atomic mass is 16.5. The SMILES string of the molecule is COc1ccccc1-c1nc2cc3c(cc2cc1CNCc1n[nH]c(=O)[nH]1)CCC3. The van der Waals surface area contributed by atoms with Crippen LogP contribution in [0.3, 0.4) is 0 Å². The van der Waals surface area contributed by atoms with E-state index in [9.17, 15) is 4.79 Å². The summed E-state index contributed by atoms with van der Waals surface area (Å²) in [5.41, 5.74) is 6.49. The van der Waals surface area contributed by atoms with Gasteiger partial charge in [0, 0.05) is 17.5 Å². The molecule has 30 heavy (non-hydrogen) atoms. The number of fused-ring (bicyclic) bond motifs is 2. The first-order valence-corrected chi connectivity index (χ1v) is 10.1. The Morgan fingerprint density at radius 3 is 2.73 bits per heavy atom. The minimum atomic E-state index is -0.303. The lowest BCUT2D eigenvalue weighted by Crippen LogP contribution is -2.15. The van der Waals surface area contributed by atoms with E-state index in [2.05, 4.69) is 38.7 Å². The summed E-state index contributed by atoms with van der Waals surface area (Å²) in [5, 5.41) is 10.9. The Morgan fingerprint density at radius 2 is 1.93 bits per heavy atom. The van der Waals surface area contributed by atoms with Crippen LogP contribution in [-0.4, -0.2) is 27.3 Å². The normalized spacial score (nSPS) is 13.0. The highest BCUT2D eigenvalue weighted by Crippen LogP contribution is 2.34. The first-order chi connectivity index (χ1) is 14.7. The first kappa shape index (κ1) is 18.6. The molecule has 0 aliphatic heterocycles. The van der Waals surface area contributed by atoms with Gasteiger partial charge in [0.15, 0.2) is 0 Å². The summed E-state index contributed by atoms with van der Waals surface area (Å²) in [6, 6.07) is 14.7. The van der Waals surface area contributed by atoms with Crippen LogP contribution in [0.25, 0.3) is 22.2 Å². The Bertz CT molecular complexity index is 1270. The largest absolute Gasteiger partial charge is 0.496 e. The third kappa shape index (κ3) is 3.48. The maximum Gasteiger partial charge on any atom is 0.340 e. The molecule has 2 heterocycles. The Hall–Kier alpha value is -3.45. The van der Waals surface area contributed by atoms with Crippen molar-refractivity contribution in [3.05, 3.63) is 75.5 Å². The predicted molar refractivity (Wildman–Crippen MR) is 116 cm³/mol. The van der Waals surface area contributed by atoms with Crippen molar-refractivity contribution in [2.45, 2.75) is 32.4 Å². The van der Waals surface area contributed by atoms with Gasteiger partial charge >= 0.3 is 5.69 Å². The number of hydrogen-bond acceptors (Lipinski definition) is 5. The molecule has 0 spiro atoms. The van der Waals surface area contributed by atoms with Gasteiger partial charge in [-0.05, 0) is 66.3 Å². The number of H-pyrrole nitrogens is 2. The minimum absolute atomic E-state index is 0.303. The van der Waals surface area contributed by atoms with Crippen LogP contribution in [-0.2, 0) is 25.9 Å². The Balaban J connectivity index is 1.56. The number of ether oxygens (including phenoxy) is 1. The smallest absolute Gasteiger partial charge is 0.340 e. The summed E-state index contributed by atoms with van der Waals surface area (Å²) < 4.78 is 5.60. The molecule has 0 radical (unpaired) electrons. The third-order valence-electron chi connectivity index (χ3n) is 5.63. The predicted octanol–water partition coefficient (Wildman–Crippen LogP) is 3.10. The van der Waals surface area contributed by atoms with Gasteiger partial charge in [-0.3, -0.25) is 4.98 Å². The van der Waals surface area contributed by atoms with Crippen LogP contribution in [0.2, 0.25) is 0 Å². The second-order valence-electron chi connectivity index (χ2n) is 7.59. The second-order valence-corrected chi connectivity index (χ2v) is 7.59. The molecule has 1 aliphatic rings. The third-order valence-corrected chi connectivity index (χ3v) is 5.63. The molecule has 2 aromatic carbocycles. The average Bonchev–Trinajstić information content (AvgIpc) is 3.39. The highest BCUT2D eigenvalue weighted by Gasteiger charge is 2.17. The van der Waals surface area contributed by atoms with Crippen LogP contribution in [0.15, 0.2) is 47.3 Å². The van der Waals surface area contributed by atoms with Gasteiger partial charge in [-0.1, -0.05) is 12.1 Å². The lowest BCUT2D eigenvalue weighted by molar-refractivity contribution is 0.416. The highest BCUT2D eigenvalue weighted by molar-refractivity contribution is 5.86. The van der Waals surface area contributed by atoms with Crippen molar-refractivity contribution in [2.75, 3.05) is 7.11 Å². The van der Waals surface area contributed by atoms with Gasteiger partial charge in [0.1, 0.15) is 11.6 Å². The molecule has 7 heteroatoms. The van der Waals surface area contributed by atoms with E-state index in [1.54, 1.807) is 7.11 Å². The number of nitrogens with zero attached hydrogens (tertiary/aromatic N) is 2. The van der Waals surface area contributed by atoms with Crippen molar-refractivity contribution in [3.8, 4) is 17.0 Å². The fourth-order valence-electron chi connectivity index (χ4n) is 4.20. The average molecular weight is 401 g/mol. The zero-order chi connectivity index (χ0) is 20.5. The van der Waals surface area contributed by atoms with Crippen molar-refractivity contribution in [1.82, 2.24) is 25.5 Å². The van der Waals surface area contributed by atoms with E-state index in [1.807, 2.05) is 24.3 Å². The molecule has 0 saturated heterocycles. The Labute approximate surface area is 173 Å². The zero-order valence-electron chi connectivity index (χ0n) is 16.8. The Morgan fingerprint density at radius 1 is 1.10 bits per heavy atom. The molecular formula is C23H23N5O2. The molecule has 1 aliphatic carbocycles. The number of aryl methyl sites for hydroxylation is 2. The van der Waals surface area contributed by atoms with E-state index in [4.69, 9.17) is 9.72 Å². The molecule has 0 atom stereocenters. The summed E-state index contributed by atoms with van der Waals surface area (Å²) in [7, 11) is 1.68. The Kier molecular flexibility index (Phi) is 4.80. The molecule has 4 aromatic rings. The van der Waals surface area contributed by atoms with Gasteiger partial charge in [0.05, 0.1) is 24.9 Å². The summed E-state index contributed by atoms with van der Waals surface area (Å²) >= 11 is 0. The van der Waals surface area contributed by atoms with Crippen LogP contribution in [0.4, 0.5) is 0 Å². The van der Waals surface area contributed by atoms with Crippen molar-refractivity contribution in [3.63, 3.8) is 0 Å². The minimum Gasteiger partial charge on any atom is -0.496 e. The standard InChI is InChI=1S/C23H23N5O2/c1-30-20-8-3-2-7-18(20)22-17(12-24-13-21-26-23(29)28-27-21)10-16-9-14-5-4-6-15(14)11-19(16)25-22/h2-3,7-11,24H,4-6,12-13H2,1H3,(H2,26,27,28,29). The molecule has 5 rings (SSSR count). The molecule has 152 valence electrons. The van der Waals surface area contributed by atoms with E-state index in [0.29, 0.717) is 18.9 Å². The summed E-state index contributed by atoms with van der Waals surface area (Å²) in [4.78, 5) is 19.0. The zero-order valence-corrected chi connectivity index (χ0v) is 16.8. The van der Waals surface area contributed by atoms with Gasteiger partial charge in [-0.25, -0.2) is 14.9 Å². The van der Waals surface area contributed by atoms with Crippen LogP contribution < -0.4 is 15.7 Å². The first-order valence-electron chi connectivity index (χ1n) is 10.1. The van der Waals surface area contributed by atoms with Crippen LogP contribution in [0, 0.1) is 0 Å². The molecule has 3 N–H and O–H groups in total. The number of benzene rings is 2. The number of nitrogens with one attached hydrogen (secondary N) is 3. The van der Waals surface area contributed by atoms with Crippen molar-refractivity contribution in [1.29, 1.82) is 0 Å². The van der Waals surface area contributed by atoms with E-state index in [0.717, 1.165) is 46.3 Å². The lowest BCUT2D eigenvalue weighted by Gasteiger charge is -2.15. The topological polar surface area (TPSA) is 95.7 Å². The summed E-state index contributed by atoms with van der Waals surface area (Å²) in [6.07, 6.45) is 3.48. The molecule has 7 nitrogen and oxygen atoms in total. The van der Waals surface area contributed by atoms with Gasteiger partial charge in [-0.2, -0.15) is 5.10 Å². The summed E-state index contributed by atoms with van der Waals surface area (Å²) in [6.45, 7) is 1.04. The van der Waals surface area contributed by atoms with Crippen LogP contribution in [0.5, 0.6) is 5.75 Å². The fraction of sp³-hybridized carbons (Fsp3) is 0.261. The monoisotopic (exact) mass is 401 g/mol. The number of methoxy groups -OCH3 is 1. The second kappa shape index (κ2) is 7.76. The molecule has 2 aromatic heterocycles. The maximum absolute atomic E-state index is 11.2. The van der Waals surface area contributed by atoms with Crippen LogP contribution in [0.1, 0.15) is 28.9 Å². The number of rotatable bonds is 6. The van der Waals surface area contributed by atoms with Crippen molar-refractivity contribution in [2.24, 2.45) is 0 Å². The van der Waals surface area contributed by atoms with Gasteiger partial charge in [0.2, 0.25) is 0 Å². The number of para-hydroxylation sites is 1. The molecular weight excluding hydrogens is 378 g/mol.